The Morgan fingerprint density at radius 1 is 1.00 bits per heavy atom. The molecule has 0 unspecified atom stereocenters. The third-order valence-corrected chi connectivity index (χ3v) is 6.53. The number of carbonyl (C=O) groups excluding carboxylic acids is 1. The Morgan fingerprint density at radius 2 is 1.67 bits per heavy atom. The molecule has 30 heavy (non-hydrogen) atoms. The fraction of sp³-hybridized carbons (Fsp3) is 0.240. The summed E-state index contributed by atoms with van der Waals surface area (Å²) in [6.45, 7) is 4.07. The summed E-state index contributed by atoms with van der Waals surface area (Å²) in [5.41, 5.74) is 3.52. The standard InChI is InChI=1S/C25H23BrClNO2/c1-17(29)30-25-12-11-19(27)13-21(25)23-16-28(14-18-7-3-2-4-8-18)15-22(23)20-9-5-6-10-24(20)26/h2-13,22-23H,14-16H2,1H3/t22-,23-/m0/s1. The zero-order chi connectivity index (χ0) is 21.1. The minimum atomic E-state index is -0.324. The number of likely N-dealkylation sites (tertiary alicyclic amines) is 1. The quantitative estimate of drug-likeness (QED) is 0.309. The number of hydrogen-bond acceptors (Lipinski definition) is 3. The first kappa shape index (κ1) is 21.1. The Hall–Kier alpha value is -2.14. The van der Waals surface area contributed by atoms with E-state index in [1.807, 2.05) is 18.2 Å². The number of carbonyl (C=O) groups is 1. The highest BCUT2D eigenvalue weighted by Crippen LogP contribution is 2.45. The van der Waals surface area contributed by atoms with Gasteiger partial charge in [0, 0.05) is 53.5 Å². The van der Waals surface area contributed by atoms with Crippen molar-refractivity contribution in [1.29, 1.82) is 0 Å². The molecule has 0 bridgehead atoms. The van der Waals surface area contributed by atoms with E-state index in [-0.39, 0.29) is 17.8 Å². The second-order valence-corrected chi connectivity index (χ2v) is 8.98. The summed E-state index contributed by atoms with van der Waals surface area (Å²) in [5.74, 6) is 0.670. The lowest BCUT2D eigenvalue weighted by Crippen LogP contribution is -2.20. The van der Waals surface area contributed by atoms with E-state index >= 15 is 0 Å². The number of esters is 1. The van der Waals surface area contributed by atoms with Gasteiger partial charge < -0.3 is 4.74 Å². The minimum Gasteiger partial charge on any atom is -0.426 e. The molecule has 0 spiro atoms. The second-order valence-electron chi connectivity index (χ2n) is 7.69. The van der Waals surface area contributed by atoms with Crippen molar-refractivity contribution in [2.45, 2.75) is 25.3 Å². The molecule has 0 N–H and O–H groups in total. The summed E-state index contributed by atoms with van der Waals surface area (Å²) in [6.07, 6.45) is 0. The van der Waals surface area contributed by atoms with Gasteiger partial charge in [0.05, 0.1) is 0 Å². The SMILES string of the molecule is CC(=O)Oc1ccc(Cl)cc1[C@@H]1CN(Cc2ccccc2)C[C@H]1c1ccccc1Br. The van der Waals surface area contributed by atoms with Crippen LogP contribution in [0.5, 0.6) is 5.75 Å². The van der Waals surface area contributed by atoms with Gasteiger partial charge in [-0.3, -0.25) is 9.69 Å². The van der Waals surface area contributed by atoms with Gasteiger partial charge in [-0.2, -0.15) is 0 Å². The summed E-state index contributed by atoms with van der Waals surface area (Å²) in [6, 6.07) is 24.4. The van der Waals surface area contributed by atoms with Crippen molar-refractivity contribution in [2.75, 3.05) is 13.1 Å². The van der Waals surface area contributed by atoms with Crippen LogP contribution in [0.2, 0.25) is 5.02 Å². The molecule has 0 radical (unpaired) electrons. The molecule has 3 aromatic rings. The number of hydrogen-bond donors (Lipinski definition) is 0. The number of ether oxygens (including phenoxy) is 1. The maximum Gasteiger partial charge on any atom is 0.308 e. The molecule has 0 amide bonds. The minimum absolute atomic E-state index is 0.153. The fourth-order valence-electron chi connectivity index (χ4n) is 4.32. The van der Waals surface area contributed by atoms with Crippen molar-refractivity contribution < 1.29 is 9.53 Å². The summed E-state index contributed by atoms with van der Waals surface area (Å²) >= 11 is 10.1. The lowest BCUT2D eigenvalue weighted by Gasteiger charge is -2.22. The normalized spacial score (nSPS) is 19.0. The lowest BCUT2D eigenvalue weighted by atomic mass is 9.83. The summed E-state index contributed by atoms with van der Waals surface area (Å²) in [5, 5.41) is 0.647. The van der Waals surface area contributed by atoms with Gasteiger partial charge in [0.15, 0.2) is 0 Å². The highest BCUT2D eigenvalue weighted by molar-refractivity contribution is 9.10. The topological polar surface area (TPSA) is 29.5 Å². The maximum absolute atomic E-state index is 11.7. The van der Waals surface area contributed by atoms with Crippen LogP contribution in [0.15, 0.2) is 77.3 Å². The van der Waals surface area contributed by atoms with Gasteiger partial charge in [0.1, 0.15) is 5.75 Å². The Kier molecular flexibility index (Phi) is 6.57. The zero-order valence-corrected chi connectivity index (χ0v) is 19.1. The number of nitrogens with zero attached hydrogens (tertiary/aromatic N) is 1. The van der Waals surface area contributed by atoms with Crippen LogP contribution in [0, 0.1) is 0 Å². The number of halogens is 2. The van der Waals surface area contributed by atoms with Crippen molar-refractivity contribution in [3.05, 3.63) is 99.0 Å². The fourth-order valence-corrected chi connectivity index (χ4v) is 5.08. The van der Waals surface area contributed by atoms with E-state index in [1.165, 1.54) is 18.1 Å². The molecule has 1 aliphatic heterocycles. The van der Waals surface area contributed by atoms with Gasteiger partial charge in [-0.1, -0.05) is 76.1 Å². The highest BCUT2D eigenvalue weighted by atomic mass is 79.9. The average molecular weight is 485 g/mol. The van der Waals surface area contributed by atoms with Crippen molar-refractivity contribution in [2.24, 2.45) is 0 Å². The van der Waals surface area contributed by atoms with Crippen molar-refractivity contribution in [1.82, 2.24) is 4.90 Å². The molecular formula is C25H23BrClNO2. The molecule has 1 aliphatic rings. The molecule has 2 atom stereocenters. The van der Waals surface area contributed by atoms with E-state index in [2.05, 4.69) is 63.3 Å². The van der Waals surface area contributed by atoms with Crippen LogP contribution in [-0.4, -0.2) is 24.0 Å². The molecule has 0 aliphatic carbocycles. The first-order valence-electron chi connectivity index (χ1n) is 10.00. The van der Waals surface area contributed by atoms with Crippen molar-refractivity contribution >= 4 is 33.5 Å². The predicted octanol–water partition coefficient (Wildman–Crippen LogP) is 6.41. The highest BCUT2D eigenvalue weighted by Gasteiger charge is 2.37. The summed E-state index contributed by atoms with van der Waals surface area (Å²) in [7, 11) is 0. The van der Waals surface area contributed by atoms with Gasteiger partial charge in [-0.15, -0.1) is 0 Å². The third-order valence-electron chi connectivity index (χ3n) is 5.57. The van der Waals surface area contributed by atoms with E-state index < -0.39 is 0 Å². The van der Waals surface area contributed by atoms with Crippen LogP contribution >= 0.6 is 27.5 Å². The zero-order valence-electron chi connectivity index (χ0n) is 16.7. The van der Waals surface area contributed by atoms with Crippen LogP contribution < -0.4 is 4.74 Å². The molecule has 4 rings (SSSR count). The van der Waals surface area contributed by atoms with Gasteiger partial charge in [-0.25, -0.2) is 0 Å². The molecule has 1 saturated heterocycles. The van der Waals surface area contributed by atoms with E-state index in [1.54, 1.807) is 12.1 Å². The van der Waals surface area contributed by atoms with E-state index in [9.17, 15) is 4.79 Å². The predicted molar refractivity (Wildman–Crippen MR) is 124 cm³/mol. The Morgan fingerprint density at radius 3 is 2.37 bits per heavy atom. The largest absolute Gasteiger partial charge is 0.426 e. The monoisotopic (exact) mass is 483 g/mol. The average Bonchev–Trinajstić information content (AvgIpc) is 3.13. The molecule has 1 fully saturated rings. The Bertz CT molecular complexity index is 1040. The number of rotatable bonds is 5. The van der Waals surface area contributed by atoms with Crippen LogP contribution in [0.3, 0.4) is 0 Å². The van der Waals surface area contributed by atoms with Gasteiger partial charge >= 0.3 is 5.97 Å². The van der Waals surface area contributed by atoms with Crippen LogP contribution in [0.4, 0.5) is 0 Å². The smallest absolute Gasteiger partial charge is 0.308 e. The van der Waals surface area contributed by atoms with Crippen molar-refractivity contribution in [3.8, 4) is 5.75 Å². The van der Waals surface area contributed by atoms with Crippen LogP contribution in [0.25, 0.3) is 0 Å². The second kappa shape index (κ2) is 9.34. The maximum atomic E-state index is 11.7. The van der Waals surface area contributed by atoms with E-state index in [4.69, 9.17) is 16.3 Å². The molecule has 5 heteroatoms. The van der Waals surface area contributed by atoms with Gasteiger partial charge in [0.25, 0.3) is 0 Å². The van der Waals surface area contributed by atoms with Gasteiger partial charge in [-0.05, 0) is 35.4 Å². The lowest BCUT2D eigenvalue weighted by molar-refractivity contribution is -0.131. The van der Waals surface area contributed by atoms with Crippen molar-refractivity contribution in [3.63, 3.8) is 0 Å². The van der Waals surface area contributed by atoms with E-state index in [0.29, 0.717) is 10.8 Å². The molecule has 1 heterocycles. The molecule has 3 nitrogen and oxygen atoms in total. The Labute approximate surface area is 190 Å². The summed E-state index contributed by atoms with van der Waals surface area (Å²) < 4.78 is 6.65. The molecule has 154 valence electrons. The molecule has 0 aromatic heterocycles. The molecule has 0 saturated carbocycles. The van der Waals surface area contributed by atoms with Crippen LogP contribution in [-0.2, 0) is 11.3 Å². The summed E-state index contributed by atoms with van der Waals surface area (Å²) in [4.78, 5) is 14.2. The molecule has 3 aromatic carbocycles. The first-order chi connectivity index (χ1) is 14.5. The number of benzene rings is 3. The molecular weight excluding hydrogens is 462 g/mol. The van der Waals surface area contributed by atoms with Gasteiger partial charge in [0.2, 0.25) is 0 Å². The van der Waals surface area contributed by atoms with E-state index in [0.717, 1.165) is 29.7 Å². The van der Waals surface area contributed by atoms with Crippen LogP contribution in [0.1, 0.15) is 35.4 Å². The third kappa shape index (κ3) is 4.77. The first-order valence-corrected chi connectivity index (χ1v) is 11.2. The Balaban J connectivity index is 1.72.